The molecule has 5 atom stereocenters. The highest BCUT2D eigenvalue weighted by molar-refractivity contribution is 6.28. The van der Waals surface area contributed by atoms with Crippen molar-refractivity contribution in [2.24, 2.45) is 23.5 Å². The summed E-state index contributed by atoms with van der Waals surface area (Å²) >= 11 is 5.84. The number of nitrogens with one attached hydrogen (secondary N) is 2. The number of amides is 2. The van der Waals surface area contributed by atoms with E-state index in [9.17, 15) is 24.1 Å². The topological polar surface area (TPSA) is 160 Å². The van der Waals surface area contributed by atoms with Gasteiger partial charge in [0.25, 0.3) is 5.69 Å². The molecule has 2 aliphatic carbocycles. The predicted octanol–water partition coefficient (Wildman–Crippen LogP) is 1.58. The van der Waals surface area contributed by atoms with E-state index >= 15 is 0 Å². The smallest absolute Gasteiger partial charge is 0.269 e. The molecule has 2 bridgehead atoms. The van der Waals surface area contributed by atoms with Crippen molar-refractivity contribution >= 4 is 40.6 Å². The van der Waals surface area contributed by atoms with Gasteiger partial charge in [0, 0.05) is 62.0 Å². The summed E-state index contributed by atoms with van der Waals surface area (Å²) in [6, 6.07) is 3.79. The van der Waals surface area contributed by atoms with Crippen LogP contribution in [0.1, 0.15) is 18.4 Å². The number of hydrogen-bond donors (Lipinski definition) is 3. The number of primary amides is 1. The second kappa shape index (κ2) is 10.9. The van der Waals surface area contributed by atoms with Gasteiger partial charge in [0.15, 0.2) is 11.6 Å². The highest BCUT2D eigenvalue weighted by Gasteiger charge is 2.55. The Morgan fingerprint density at radius 1 is 1.26 bits per heavy atom. The summed E-state index contributed by atoms with van der Waals surface area (Å²) < 4.78 is 14.4. The fourth-order valence-corrected chi connectivity index (χ4v) is 6.48. The number of nitro groups is 1. The largest absolute Gasteiger partial charge is 0.369 e. The highest BCUT2D eigenvalue weighted by Crippen LogP contribution is 2.49. The highest BCUT2D eigenvalue weighted by atomic mass is 35.5. The van der Waals surface area contributed by atoms with Crippen LogP contribution in [0.4, 0.5) is 21.6 Å². The Balaban J connectivity index is 1.32. The lowest BCUT2D eigenvalue weighted by Crippen LogP contribution is -2.52. The van der Waals surface area contributed by atoms with E-state index < -0.39 is 28.6 Å². The molecule has 2 amide bonds. The third-order valence-electron chi connectivity index (χ3n) is 8.17. The molecule has 14 heteroatoms. The van der Waals surface area contributed by atoms with Crippen molar-refractivity contribution < 1.29 is 18.9 Å². The minimum atomic E-state index is -0.715. The number of nitro benzene ring substituents is 1. The monoisotopic (exact) mass is 560 g/mol. The Hall–Kier alpha value is -3.58. The Morgan fingerprint density at radius 3 is 2.69 bits per heavy atom. The molecule has 2 aromatic rings. The van der Waals surface area contributed by atoms with Crippen LogP contribution in [0.15, 0.2) is 24.4 Å². The Kier molecular flexibility index (Phi) is 7.54. The Morgan fingerprint density at radius 2 is 2.00 bits per heavy atom. The van der Waals surface area contributed by atoms with E-state index in [0.29, 0.717) is 18.4 Å². The molecule has 208 valence electrons. The van der Waals surface area contributed by atoms with Crippen LogP contribution in [0.2, 0.25) is 5.28 Å². The van der Waals surface area contributed by atoms with Crippen LogP contribution in [0, 0.1) is 33.7 Å². The number of anilines is 2. The lowest BCUT2D eigenvalue weighted by molar-refractivity contribution is -0.384. The summed E-state index contributed by atoms with van der Waals surface area (Å²) in [6.07, 6.45) is 2.08. The molecule has 5 rings (SSSR count). The second-order valence-corrected chi connectivity index (χ2v) is 10.9. The molecule has 4 N–H and O–H groups in total. The normalized spacial score (nSPS) is 26.4. The first-order valence-electron chi connectivity index (χ1n) is 12.8. The first-order chi connectivity index (χ1) is 18.6. The molecule has 12 nitrogen and oxygen atoms in total. The molecule has 0 radical (unpaired) electrons. The van der Waals surface area contributed by atoms with Crippen LogP contribution in [-0.2, 0) is 16.0 Å². The zero-order chi connectivity index (χ0) is 27.8. The number of nitrogens with two attached hydrogens (primary N) is 1. The van der Waals surface area contributed by atoms with Crippen LogP contribution < -0.4 is 21.3 Å². The number of non-ortho nitro benzene ring substituents is 1. The molecular weight excluding hydrogens is 531 g/mol. The lowest BCUT2D eigenvalue weighted by atomic mass is 9.81. The molecule has 39 heavy (non-hydrogen) atoms. The summed E-state index contributed by atoms with van der Waals surface area (Å²) in [5.41, 5.74) is 7.01. The van der Waals surface area contributed by atoms with E-state index in [1.807, 2.05) is 7.05 Å². The van der Waals surface area contributed by atoms with Gasteiger partial charge in [-0.05, 0) is 49.0 Å². The van der Waals surface area contributed by atoms with E-state index in [2.05, 4.69) is 30.4 Å². The van der Waals surface area contributed by atoms with Gasteiger partial charge in [-0.2, -0.15) is 4.98 Å². The van der Waals surface area contributed by atoms with Gasteiger partial charge >= 0.3 is 0 Å². The zero-order valence-corrected chi connectivity index (χ0v) is 22.1. The van der Waals surface area contributed by atoms with Gasteiger partial charge in [0.2, 0.25) is 17.1 Å². The van der Waals surface area contributed by atoms with Gasteiger partial charge in [0.1, 0.15) is 0 Å². The summed E-state index contributed by atoms with van der Waals surface area (Å²) in [6.45, 7) is 3.20. The van der Waals surface area contributed by atoms with Crippen molar-refractivity contribution in [3.63, 3.8) is 0 Å². The summed E-state index contributed by atoms with van der Waals surface area (Å²) in [5, 5.41) is 17.4. The fourth-order valence-electron chi connectivity index (χ4n) is 6.35. The molecule has 0 unspecified atom stereocenters. The first kappa shape index (κ1) is 27.0. The van der Waals surface area contributed by atoms with E-state index in [4.69, 9.17) is 17.3 Å². The number of piperazine rings is 1. The maximum atomic E-state index is 14.4. The maximum absolute atomic E-state index is 14.4. The molecule has 0 spiro atoms. The summed E-state index contributed by atoms with van der Waals surface area (Å²) in [5.74, 6) is -2.48. The predicted molar refractivity (Wildman–Crippen MR) is 142 cm³/mol. The van der Waals surface area contributed by atoms with Crippen LogP contribution in [0.3, 0.4) is 0 Å². The van der Waals surface area contributed by atoms with Gasteiger partial charge in [-0.3, -0.25) is 19.7 Å². The van der Waals surface area contributed by atoms with Crippen LogP contribution in [0.25, 0.3) is 0 Å². The number of hydrogen-bond acceptors (Lipinski definition) is 9. The summed E-state index contributed by atoms with van der Waals surface area (Å²) in [7, 11) is 2.04. The lowest BCUT2D eigenvalue weighted by Gasteiger charge is -2.36. The molecule has 3 aliphatic rings. The third kappa shape index (κ3) is 5.59. The second-order valence-electron chi connectivity index (χ2n) is 10.5. The molecule has 1 aliphatic heterocycles. The van der Waals surface area contributed by atoms with Gasteiger partial charge in [-0.15, -0.1) is 0 Å². The quantitative estimate of drug-likeness (QED) is 0.247. The minimum absolute atomic E-state index is 0.0370. The number of nitrogens with zero attached hydrogens (tertiary/aromatic N) is 5. The van der Waals surface area contributed by atoms with E-state index in [-0.39, 0.29) is 47.0 Å². The molecule has 2 heterocycles. The van der Waals surface area contributed by atoms with Gasteiger partial charge in [-0.25, -0.2) is 9.37 Å². The van der Waals surface area contributed by atoms with Crippen LogP contribution in [-0.4, -0.2) is 76.9 Å². The number of benzene rings is 1. The third-order valence-corrected chi connectivity index (χ3v) is 8.35. The molecule has 1 saturated heterocycles. The number of carbonyl (C=O) groups excluding carboxylic acids is 2. The number of fused-ring (bicyclic) bond motifs is 2. The average molecular weight is 561 g/mol. The maximum Gasteiger partial charge on any atom is 0.269 e. The molecule has 2 saturated carbocycles. The molecule has 1 aromatic heterocycles. The van der Waals surface area contributed by atoms with Gasteiger partial charge in [-0.1, -0.05) is 0 Å². The molecular formula is C25H30ClFN8O4. The summed E-state index contributed by atoms with van der Waals surface area (Å²) in [4.78, 5) is 48.4. The number of carbonyl (C=O) groups is 2. The number of likely N-dealkylation sites (N-methyl/N-ethyl adjacent to an activating group) is 1. The van der Waals surface area contributed by atoms with E-state index in [0.717, 1.165) is 38.1 Å². The van der Waals surface area contributed by atoms with Gasteiger partial charge in [0.05, 0.1) is 23.5 Å². The van der Waals surface area contributed by atoms with E-state index in [1.165, 1.54) is 12.1 Å². The number of rotatable bonds is 8. The van der Waals surface area contributed by atoms with Crippen molar-refractivity contribution in [1.29, 1.82) is 0 Å². The Labute approximate surface area is 229 Å². The zero-order valence-electron chi connectivity index (χ0n) is 21.3. The van der Waals surface area contributed by atoms with Gasteiger partial charge < -0.3 is 26.2 Å². The van der Waals surface area contributed by atoms with Crippen molar-refractivity contribution in [2.45, 2.75) is 31.3 Å². The molecule has 3 fully saturated rings. The average Bonchev–Trinajstić information content (AvgIpc) is 3.44. The SMILES string of the molecule is CN1CCN(c2ccc([N+](=O)[O-])cc2CC(=O)N[C@@H]2C[C@H]3C[C@H]2[C@@H](Nc2nc(Cl)ncc2F)[C@H]3C(N)=O)CC1. The molecule has 1 aromatic carbocycles. The minimum Gasteiger partial charge on any atom is -0.369 e. The first-order valence-corrected chi connectivity index (χ1v) is 13.2. The number of halogens is 2. The van der Waals surface area contributed by atoms with Crippen molar-refractivity contribution in [3.8, 4) is 0 Å². The van der Waals surface area contributed by atoms with Crippen LogP contribution >= 0.6 is 11.6 Å². The number of aromatic nitrogens is 2. The van der Waals surface area contributed by atoms with Crippen molar-refractivity contribution in [3.05, 3.63) is 51.2 Å². The van der Waals surface area contributed by atoms with Crippen molar-refractivity contribution in [1.82, 2.24) is 20.2 Å². The van der Waals surface area contributed by atoms with Crippen molar-refractivity contribution in [2.75, 3.05) is 43.4 Å². The fraction of sp³-hybridized carbons (Fsp3) is 0.520. The van der Waals surface area contributed by atoms with Crippen LogP contribution in [0.5, 0.6) is 0 Å². The van der Waals surface area contributed by atoms with E-state index in [1.54, 1.807) is 6.07 Å². The standard InChI is InChI=1S/C25H30ClFN8O4/c1-33-4-6-34(7-5-33)19-3-2-15(35(38)39)8-13(19)11-20(36)30-18-10-14-9-16(18)22(21(14)23(28)37)31-24-17(27)12-29-25(26)32-24/h2-3,8,12,14,16,18,21-22H,4-7,9-11H2,1H3,(H2,28,37)(H,30,36)(H,29,31,32)/t14-,16-,18-,21+,22-/m1/s1. The Bertz CT molecular complexity index is 1290.